The topological polar surface area (TPSA) is 98.7 Å². The molecule has 0 amide bonds. The van der Waals surface area contributed by atoms with Gasteiger partial charge in [-0.15, -0.1) is 0 Å². The van der Waals surface area contributed by atoms with Gasteiger partial charge < -0.3 is 31.2 Å². The number of pyridine rings is 1. The fourth-order valence-electron chi connectivity index (χ4n) is 4.13. The van der Waals surface area contributed by atoms with Crippen molar-refractivity contribution in [1.82, 2.24) is 10.3 Å². The summed E-state index contributed by atoms with van der Waals surface area (Å²) in [5, 5.41) is 4.35. The van der Waals surface area contributed by atoms with E-state index in [1.165, 1.54) is 5.69 Å². The maximum absolute atomic E-state index is 6.51. The number of nitrogens with one attached hydrogen (secondary N) is 1. The number of nitrogens with zero attached hydrogens (tertiary/aromatic N) is 2. The molecule has 0 saturated carbocycles. The van der Waals surface area contributed by atoms with E-state index in [1.54, 1.807) is 14.2 Å². The number of benzene rings is 2. The third-order valence-electron chi connectivity index (χ3n) is 5.87. The van der Waals surface area contributed by atoms with Crippen LogP contribution in [0.15, 0.2) is 42.5 Å². The van der Waals surface area contributed by atoms with Gasteiger partial charge in [0.05, 0.1) is 25.4 Å². The van der Waals surface area contributed by atoms with E-state index in [0.717, 1.165) is 53.9 Å². The number of hydrogen-bond acceptors (Lipinski definition) is 7. The van der Waals surface area contributed by atoms with Crippen molar-refractivity contribution in [3.8, 4) is 22.8 Å². The molecular formula is C24H31N5O2. The molecule has 0 bridgehead atoms. The predicted molar refractivity (Wildman–Crippen MR) is 126 cm³/mol. The van der Waals surface area contributed by atoms with Crippen LogP contribution in [0, 0.1) is 0 Å². The smallest absolute Gasteiger partial charge is 0.162 e. The van der Waals surface area contributed by atoms with Crippen molar-refractivity contribution in [2.45, 2.75) is 12.5 Å². The van der Waals surface area contributed by atoms with Crippen molar-refractivity contribution in [3.05, 3.63) is 48.0 Å². The van der Waals surface area contributed by atoms with Crippen molar-refractivity contribution in [1.29, 1.82) is 0 Å². The molecule has 2 aromatic carbocycles. The van der Waals surface area contributed by atoms with Crippen LogP contribution >= 0.6 is 0 Å². The van der Waals surface area contributed by atoms with Crippen molar-refractivity contribution in [2.24, 2.45) is 11.5 Å². The van der Waals surface area contributed by atoms with E-state index in [-0.39, 0.29) is 6.04 Å². The van der Waals surface area contributed by atoms with E-state index in [4.69, 9.17) is 25.9 Å². The Morgan fingerprint density at radius 2 is 1.71 bits per heavy atom. The van der Waals surface area contributed by atoms with E-state index < -0.39 is 0 Å². The molecule has 164 valence electrons. The molecule has 4 rings (SSSR count). The number of aromatic nitrogens is 1. The summed E-state index contributed by atoms with van der Waals surface area (Å²) in [4.78, 5) is 7.33. The van der Waals surface area contributed by atoms with Crippen LogP contribution in [0.4, 0.5) is 5.69 Å². The normalized spacial score (nSPS) is 15.2. The molecule has 7 heteroatoms. The second-order valence-corrected chi connectivity index (χ2v) is 7.79. The molecule has 1 aliphatic heterocycles. The maximum Gasteiger partial charge on any atom is 0.162 e. The van der Waals surface area contributed by atoms with Gasteiger partial charge in [0.15, 0.2) is 11.5 Å². The van der Waals surface area contributed by atoms with Gasteiger partial charge in [-0.05, 0) is 42.8 Å². The first kappa shape index (κ1) is 21.4. The minimum Gasteiger partial charge on any atom is -0.493 e. The Morgan fingerprint density at radius 1 is 1.03 bits per heavy atom. The Bertz CT molecular complexity index is 1030. The largest absolute Gasteiger partial charge is 0.493 e. The first-order chi connectivity index (χ1) is 15.1. The molecule has 1 fully saturated rings. The molecule has 1 aromatic heterocycles. The van der Waals surface area contributed by atoms with E-state index in [1.807, 2.05) is 12.1 Å². The van der Waals surface area contributed by atoms with Gasteiger partial charge >= 0.3 is 0 Å². The van der Waals surface area contributed by atoms with Gasteiger partial charge in [-0.2, -0.15) is 0 Å². The number of fused-ring (bicyclic) bond motifs is 1. The fourth-order valence-corrected chi connectivity index (χ4v) is 4.13. The molecule has 1 unspecified atom stereocenters. The lowest BCUT2D eigenvalue weighted by atomic mass is 9.97. The Balaban J connectivity index is 1.78. The van der Waals surface area contributed by atoms with Gasteiger partial charge in [0.1, 0.15) is 0 Å². The summed E-state index contributed by atoms with van der Waals surface area (Å²) in [5.41, 5.74) is 17.3. The highest BCUT2D eigenvalue weighted by atomic mass is 16.5. The van der Waals surface area contributed by atoms with Crippen molar-refractivity contribution >= 4 is 16.6 Å². The summed E-state index contributed by atoms with van der Waals surface area (Å²) in [6.45, 7) is 4.59. The number of nitrogens with two attached hydrogens (primary N) is 2. The van der Waals surface area contributed by atoms with Crippen LogP contribution in [0.25, 0.3) is 22.2 Å². The van der Waals surface area contributed by atoms with Crippen LogP contribution in [-0.2, 0) is 0 Å². The number of ether oxygens (including phenoxy) is 2. The second-order valence-electron chi connectivity index (χ2n) is 7.79. The van der Waals surface area contributed by atoms with E-state index in [0.29, 0.717) is 24.5 Å². The Kier molecular flexibility index (Phi) is 6.56. The van der Waals surface area contributed by atoms with E-state index in [2.05, 4.69) is 40.5 Å². The monoisotopic (exact) mass is 421 g/mol. The summed E-state index contributed by atoms with van der Waals surface area (Å²) >= 11 is 0. The first-order valence-corrected chi connectivity index (χ1v) is 10.7. The number of piperazine rings is 1. The molecule has 2 heterocycles. The third kappa shape index (κ3) is 4.44. The van der Waals surface area contributed by atoms with Gasteiger partial charge in [-0.25, -0.2) is 4.98 Å². The summed E-state index contributed by atoms with van der Waals surface area (Å²) in [7, 11) is 3.26. The number of hydrogen-bond donors (Lipinski definition) is 3. The summed E-state index contributed by atoms with van der Waals surface area (Å²) in [5.74, 6) is 1.30. The zero-order valence-corrected chi connectivity index (χ0v) is 18.2. The van der Waals surface area contributed by atoms with Crippen molar-refractivity contribution in [3.63, 3.8) is 0 Å². The van der Waals surface area contributed by atoms with Gasteiger partial charge in [-0.1, -0.05) is 12.1 Å². The highest BCUT2D eigenvalue weighted by molar-refractivity contribution is 5.88. The van der Waals surface area contributed by atoms with Crippen LogP contribution in [0.1, 0.15) is 18.0 Å². The molecule has 1 atom stereocenters. The average molecular weight is 422 g/mol. The molecule has 0 radical (unpaired) electrons. The zero-order valence-electron chi connectivity index (χ0n) is 18.2. The molecule has 31 heavy (non-hydrogen) atoms. The molecule has 1 aliphatic rings. The Labute approximate surface area is 183 Å². The predicted octanol–water partition coefficient (Wildman–Crippen LogP) is 2.68. The maximum atomic E-state index is 6.51. The number of rotatable bonds is 7. The molecule has 0 spiro atoms. The molecule has 0 aliphatic carbocycles. The van der Waals surface area contributed by atoms with E-state index >= 15 is 0 Å². The van der Waals surface area contributed by atoms with Crippen LogP contribution in [0.5, 0.6) is 11.5 Å². The van der Waals surface area contributed by atoms with Crippen LogP contribution < -0.4 is 31.2 Å². The van der Waals surface area contributed by atoms with Crippen molar-refractivity contribution < 1.29 is 9.47 Å². The van der Waals surface area contributed by atoms with Gasteiger partial charge in [-0.3, -0.25) is 0 Å². The average Bonchev–Trinajstić information content (AvgIpc) is 2.83. The standard InChI is InChI=1S/C24H31N5O2/c1-30-23-14-19-18(20(26)7-8-25)13-21(28-22(19)15-24(23)31-2)16-3-5-17(6-4-16)29-11-9-27-10-12-29/h3-6,13-15,20,27H,7-12,25-26H2,1-2H3. The van der Waals surface area contributed by atoms with Crippen molar-refractivity contribution in [2.75, 3.05) is 51.8 Å². The highest BCUT2D eigenvalue weighted by Crippen LogP contribution is 2.36. The summed E-state index contributed by atoms with van der Waals surface area (Å²) < 4.78 is 11.0. The molecule has 3 aromatic rings. The zero-order chi connectivity index (χ0) is 21.8. The molecule has 7 nitrogen and oxygen atoms in total. The molecule has 5 N–H and O–H groups in total. The summed E-state index contributed by atoms with van der Waals surface area (Å²) in [6.07, 6.45) is 0.689. The van der Waals surface area contributed by atoms with Gasteiger partial charge in [0.2, 0.25) is 0 Å². The third-order valence-corrected chi connectivity index (χ3v) is 5.87. The Morgan fingerprint density at radius 3 is 2.35 bits per heavy atom. The fraction of sp³-hybridized carbons (Fsp3) is 0.375. The minimum atomic E-state index is -0.188. The summed E-state index contributed by atoms with van der Waals surface area (Å²) in [6, 6.07) is 14.3. The second kappa shape index (κ2) is 9.51. The lowest BCUT2D eigenvalue weighted by Crippen LogP contribution is -2.43. The number of anilines is 1. The molecular weight excluding hydrogens is 390 g/mol. The minimum absolute atomic E-state index is 0.188. The van der Waals surface area contributed by atoms with Crippen LogP contribution in [0.2, 0.25) is 0 Å². The Hall–Kier alpha value is -2.87. The lowest BCUT2D eigenvalue weighted by molar-refractivity contribution is 0.355. The highest BCUT2D eigenvalue weighted by Gasteiger charge is 2.17. The SMILES string of the molecule is COc1cc2nc(-c3ccc(N4CCNCC4)cc3)cc(C(N)CCN)c2cc1OC. The molecule has 1 saturated heterocycles. The van der Waals surface area contributed by atoms with Crippen LogP contribution in [0.3, 0.4) is 0 Å². The number of methoxy groups -OCH3 is 2. The quantitative estimate of drug-likeness (QED) is 0.539. The van der Waals surface area contributed by atoms with Gasteiger partial charge in [0.25, 0.3) is 0 Å². The van der Waals surface area contributed by atoms with Gasteiger partial charge in [0, 0.05) is 54.9 Å². The lowest BCUT2D eigenvalue weighted by Gasteiger charge is -2.29. The van der Waals surface area contributed by atoms with Crippen LogP contribution in [-0.4, -0.2) is 51.9 Å². The van der Waals surface area contributed by atoms with E-state index in [9.17, 15) is 0 Å². The first-order valence-electron chi connectivity index (χ1n) is 10.7.